The van der Waals surface area contributed by atoms with E-state index in [0.717, 1.165) is 35.0 Å². The van der Waals surface area contributed by atoms with Crippen molar-refractivity contribution in [3.63, 3.8) is 0 Å². The number of rotatable bonds is 35. The molecule has 3 heterocycles. The Kier molecular flexibility index (Phi) is 24.9. The predicted molar refractivity (Wildman–Crippen MR) is 298 cm³/mol. The summed E-state index contributed by atoms with van der Waals surface area (Å²) in [6.45, 7) is 7.64. The average molecular weight is 1240 g/mol. The molecule has 1 aromatic heterocycles. The summed E-state index contributed by atoms with van der Waals surface area (Å²) in [5.41, 5.74) is 6.39. The topological polar surface area (TPSA) is 119 Å². The van der Waals surface area contributed by atoms with E-state index in [0.29, 0.717) is 165 Å². The third kappa shape index (κ3) is 16.7. The Morgan fingerprint density at radius 2 is 0.863 bits per heavy atom. The predicted octanol–water partition coefficient (Wildman–Crippen LogP) is 9.63. The lowest BCUT2D eigenvalue weighted by Gasteiger charge is -2.34. The van der Waals surface area contributed by atoms with Gasteiger partial charge in [-0.1, -0.05) is 42.5 Å². The summed E-state index contributed by atoms with van der Waals surface area (Å²) in [7, 11) is 4.90. The van der Waals surface area contributed by atoms with Gasteiger partial charge in [0.05, 0.1) is 108 Å². The number of fused-ring (bicyclic) bond motifs is 2. The minimum absolute atomic E-state index is 0.336. The summed E-state index contributed by atoms with van der Waals surface area (Å²) in [4.78, 5) is 0. The molecule has 2 aliphatic rings. The molecule has 0 atom stereocenters. The Morgan fingerprint density at radius 1 is 0.493 bits per heavy atom. The maximum Gasteiger partial charge on any atom is 0.737 e. The summed E-state index contributed by atoms with van der Waals surface area (Å²) < 4.78 is 106. The molecule has 0 aliphatic carbocycles. The highest BCUT2D eigenvalue weighted by Gasteiger charge is 2.57. The van der Waals surface area contributed by atoms with E-state index in [4.69, 9.17) is 56.8 Å². The second-order valence-corrected chi connectivity index (χ2v) is 18.7. The van der Waals surface area contributed by atoms with Gasteiger partial charge in [-0.3, -0.25) is 0 Å². The summed E-state index contributed by atoms with van der Waals surface area (Å²) >= 11 is 4.42. The smallest absolute Gasteiger partial charge is 0.491 e. The van der Waals surface area contributed by atoms with Crippen LogP contribution in [0.1, 0.15) is 40.6 Å². The second-order valence-electron chi connectivity index (χ2n) is 16.6. The van der Waals surface area contributed by atoms with Crippen molar-refractivity contribution in [3.05, 3.63) is 131 Å². The first kappa shape index (κ1) is 58.3. The second kappa shape index (κ2) is 31.1. The highest BCUT2D eigenvalue weighted by atomic mass is 127. The number of halogens is 4. The minimum Gasteiger partial charge on any atom is -0.491 e. The van der Waals surface area contributed by atoms with E-state index < -0.39 is 6.97 Å². The third-order valence-corrected chi connectivity index (χ3v) is 14.3. The van der Waals surface area contributed by atoms with Crippen molar-refractivity contribution in [3.8, 4) is 17.2 Å². The number of hydrogen-bond acceptors (Lipinski definition) is 12. The zero-order valence-corrected chi connectivity index (χ0v) is 46.7. The van der Waals surface area contributed by atoms with Crippen LogP contribution in [0, 0.1) is 10.5 Å². The number of hydrogen-bond donors (Lipinski definition) is 0. The number of nitrogens with zero attached hydrogens (tertiary/aromatic N) is 2. The van der Waals surface area contributed by atoms with Crippen LogP contribution in [0.25, 0.3) is 23.8 Å². The molecule has 3 aromatic carbocycles. The lowest BCUT2D eigenvalue weighted by molar-refractivity contribution is -0.362. The molecule has 0 saturated heterocycles. The van der Waals surface area contributed by atoms with E-state index >= 15 is 8.63 Å². The molecule has 19 heteroatoms. The lowest BCUT2D eigenvalue weighted by Crippen LogP contribution is -2.51. The van der Waals surface area contributed by atoms with Gasteiger partial charge in [0, 0.05) is 47.9 Å². The summed E-state index contributed by atoms with van der Waals surface area (Å²) in [5, 5.41) is 0. The van der Waals surface area contributed by atoms with Crippen molar-refractivity contribution in [2.24, 2.45) is 0 Å². The Labute approximate surface area is 455 Å². The molecular weight excluding hydrogens is 1170 g/mol. The molecule has 14 nitrogen and oxygen atoms in total. The standard InChI is InChI=1S/C54H67BF2I2N2O12/c1-40-51(58)48(20-10-42-6-14-45(15-7-42)71-37-34-68-31-28-65-25-22-62-3)60-53(40)50(44-12-18-47(19-13-44)73-39-36-70-33-30-67-27-24-64-5)54-41(2)52(59)49(61(54)55(60,56)57)21-11-43-8-16-46(17-9-43)72-38-35-69-32-29-66-26-23-63-4/h6-21H,22-39H2,1-5H3/b20-10+,21-11+. The van der Waals surface area contributed by atoms with Crippen molar-refractivity contribution >= 4 is 81.7 Å². The summed E-state index contributed by atoms with van der Waals surface area (Å²) in [6, 6.07) is 22.7. The van der Waals surface area contributed by atoms with E-state index in [-0.39, 0.29) is 0 Å². The average Bonchev–Trinajstić information content (AvgIpc) is 3.81. The highest BCUT2D eigenvalue weighted by Crippen LogP contribution is 2.48. The normalized spacial score (nSPS) is 14.3. The molecule has 0 fully saturated rings. The fourth-order valence-corrected chi connectivity index (χ4v) is 9.33. The van der Waals surface area contributed by atoms with Gasteiger partial charge in [0.1, 0.15) is 37.1 Å². The van der Waals surface area contributed by atoms with Gasteiger partial charge in [-0.15, -0.1) is 0 Å². The van der Waals surface area contributed by atoms with E-state index in [2.05, 4.69) is 45.2 Å². The first-order valence-electron chi connectivity index (χ1n) is 24.3. The van der Waals surface area contributed by atoms with Crippen molar-refractivity contribution in [2.75, 3.05) is 140 Å². The van der Waals surface area contributed by atoms with Gasteiger partial charge in [-0.25, -0.2) is 0 Å². The van der Waals surface area contributed by atoms with E-state index in [1.165, 1.54) is 8.96 Å². The molecule has 0 spiro atoms. The van der Waals surface area contributed by atoms with Gasteiger partial charge >= 0.3 is 6.97 Å². The Hall–Kier alpha value is -4.01. The first-order chi connectivity index (χ1) is 35.6. The van der Waals surface area contributed by atoms with Crippen molar-refractivity contribution in [2.45, 2.75) is 13.8 Å². The van der Waals surface area contributed by atoms with Crippen LogP contribution in [-0.2, 0) is 42.6 Å². The van der Waals surface area contributed by atoms with E-state index in [9.17, 15) is 0 Å². The number of methoxy groups -OCH3 is 3. The van der Waals surface area contributed by atoms with Crippen LogP contribution >= 0.6 is 45.2 Å². The number of aromatic nitrogens is 1. The monoisotopic (exact) mass is 1240 g/mol. The van der Waals surface area contributed by atoms with Crippen LogP contribution in [0.2, 0.25) is 0 Å². The molecule has 396 valence electrons. The Bertz CT molecular complexity index is 2500. The molecule has 0 amide bonds. The van der Waals surface area contributed by atoms with Crippen LogP contribution in [0.3, 0.4) is 0 Å². The fourth-order valence-electron chi connectivity index (χ4n) is 7.94. The molecule has 0 unspecified atom stereocenters. The van der Waals surface area contributed by atoms with Gasteiger partial charge in [0.15, 0.2) is 11.4 Å². The maximum absolute atomic E-state index is 18.0. The Morgan fingerprint density at radius 3 is 1.27 bits per heavy atom. The van der Waals surface area contributed by atoms with Gasteiger partial charge in [-0.2, -0.15) is 0 Å². The summed E-state index contributed by atoms with van der Waals surface area (Å²) in [6.07, 6.45) is 7.29. The van der Waals surface area contributed by atoms with E-state index in [1.807, 2.05) is 98.8 Å². The van der Waals surface area contributed by atoms with Crippen molar-refractivity contribution in [1.82, 2.24) is 4.48 Å². The van der Waals surface area contributed by atoms with Crippen molar-refractivity contribution in [1.29, 1.82) is 0 Å². The molecule has 6 rings (SSSR count). The molecule has 73 heavy (non-hydrogen) atoms. The molecule has 0 N–H and O–H groups in total. The Balaban J connectivity index is 1.24. The maximum atomic E-state index is 18.0. The van der Waals surface area contributed by atoms with Crippen molar-refractivity contribution < 1.29 is 70.0 Å². The fraction of sp³-hybridized carbons (Fsp3) is 0.426. The van der Waals surface area contributed by atoms with Gasteiger partial charge in [-0.05, 0) is 130 Å². The van der Waals surface area contributed by atoms with Crippen LogP contribution in [0.15, 0.2) is 93.7 Å². The van der Waals surface area contributed by atoms with E-state index in [1.54, 1.807) is 33.5 Å². The third-order valence-electron chi connectivity index (χ3n) is 11.6. The minimum atomic E-state index is -4.45. The van der Waals surface area contributed by atoms with Gasteiger partial charge in [0.25, 0.3) is 0 Å². The van der Waals surface area contributed by atoms with Gasteiger partial charge in [0.2, 0.25) is 0 Å². The highest BCUT2D eigenvalue weighted by molar-refractivity contribution is 14.1. The summed E-state index contributed by atoms with van der Waals surface area (Å²) in [5.74, 6) is 1.99. The van der Waals surface area contributed by atoms with Crippen LogP contribution in [-0.4, -0.2) is 162 Å². The zero-order chi connectivity index (χ0) is 51.8. The largest absolute Gasteiger partial charge is 0.737 e. The quantitative estimate of drug-likeness (QED) is 0.0248. The zero-order valence-electron chi connectivity index (χ0n) is 42.3. The molecule has 0 radical (unpaired) electrons. The first-order valence-corrected chi connectivity index (χ1v) is 26.5. The van der Waals surface area contributed by atoms with Gasteiger partial charge < -0.3 is 74.4 Å². The van der Waals surface area contributed by atoms with Crippen LogP contribution in [0.5, 0.6) is 17.2 Å². The molecular formula is C54H67BF2I2N2O12. The lowest BCUT2D eigenvalue weighted by atomic mass is 9.83. The molecule has 4 aromatic rings. The molecule has 0 bridgehead atoms. The van der Waals surface area contributed by atoms with Crippen LogP contribution in [0.4, 0.5) is 8.63 Å². The SMILES string of the molecule is COCCOCCOCCOc1ccc(/C=C/C2=[N+]3C(=C(c4ccc(OCCOCCOCCOC)cc4)c4c(C)c(I)c(/C=C/c5ccc(OCCOCCOCCOC)cc5)n4[B-]3(F)F)C(C)=C2I)cc1. The molecule has 0 saturated carbocycles. The van der Waals surface area contributed by atoms with Crippen LogP contribution < -0.4 is 14.2 Å². The number of allylic oxidation sites excluding steroid dienone is 3. The molecule has 2 aliphatic heterocycles. The number of benzene rings is 3. The number of ether oxygens (including phenoxy) is 12.